The van der Waals surface area contributed by atoms with Crippen LogP contribution in [0.5, 0.6) is 0 Å². The molecule has 0 atom stereocenters. The Bertz CT molecular complexity index is 977. The summed E-state index contributed by atoms with van der Waals surface area (Å²) in [6, 6.07) is 11.7. The summed E-state index contributed by atoms with van der Waals surface area (Å²) in [5, 5.41) is 5.86. The summed E-state index contributed by atoms with van der Waals surface area (Å²) in [4.78, 5) is 19.6. The molecule has 0 spiro atoms. The Morgan fingerprint density at radius 2 is 2.04 bits per heavy atom. The molecule has 0 saturated heterocycles. The zero-order valence-corrected chi connectivity index (χ0v) is 13.4. The SMILES string of the molecule is Nc1nc2ccc(CC(=O)N3CCC(c4ccc(F)cc4)=N3)cc2[nH]1. The van der Waals surface area contributed by atoms with Crippen molar-refractivity contribution in [1.29, 1.82) is 0 Å². The van der Waals surface area contributed by atoms with Crippen molar-refractivity contribution in [1.82, 2.24) is 15.0 Å². The fourth-order valence-corrected chi connectivity index (χ4v) is 2.93. The smallest absolute Gasteiger partial charge is 0.247 e. The minimum Gasteiger partial charge on any atom is -0.369 e. The number of hydrogen-bond acceptors (Lipinski definition) is 4. The van der Waals surface area contributed by atoms with Gasteiger partial charge in [0.25, 0.3) is 0 Å². The summed E-state index contributed by atoms with van der Waals surface area (Å²) >= 11 is 0. The number of benzene rings is 2. The second-order valence-corrected chi connectivity index (χ2v) is 5.97. The molecule has 0 radical (unpaired) electrons. The molecule has 0 fully saturated rings. The van der Waals surface area contributed by atoms with E-state index in [4.69, 9.17) is 5.73 Å². The summed E-state index contributed by atoms with van der Waals surface area (Å²) in [5.41, 5.74) is 9.72. The van der Waals surface area contributed by atoms with Crippen molar-refractivity contribution >= 4 is 28.6 Å². The minimum absolute atomic E-state index is 0.0797. The number of nitrogens with zero attached hydrogens (tertiary/aromatic N) is 3. The first kappa shape index (κ1) is 15.3. The molecule has 1 amide bonds. The van der Waals surface area contributed by atoms with E-state index in [0.717, 1.165) is 27.9 Å². The van der Waals surface area contributed by atoms with Crippen LogP contribution in [0.25, 0.3) is 11.0 Å². The number of H-pyrrole nitrogens is 1. The van der Waals surface area contributed by atoms with Gasteiger partial charge in [-0.3, -0.25) is 4.79 Å². The van der Waals surface area contributed by atoms with Gasteiger partial charge in [0.05, 0.1) is 29.7 Å². The monoisotopic (exact) mass is 337 g/mol. The molecule has 1 aromatic heterocycles. The van der Waals surface area contributed by atoms with Gasteiger partial charge in [-0.05, 0) is 35.4 Å². The molecule has 2 heterocycles. The molecule has 1 aliphatic heterocycles. The Hall–Kier alpha value is -3.22. The average Bonchev–Trinajstić information content (AvgIpc) is 3.21. The molecule has 3 aromatic rings. The summed E-state index contributed by atoms with van der Waals surface area (Å²) < 4.78 is 13.0. The van der Waals surface area contributed by atoms with Crippen LogP contribution in [0, 0.1) is 5.82 Å². The van der Waals surface area contributed by atoms with Gasteiger partial charge in [0.2, 0.25) is 5.91 Å². The lowest BCUT2D eigenvalue weighted by Crippen LogP contribution is -2.25. The Balaban J connectivity index is 1.49. The van der Waals surface area contributed by atoms with Crippen LogP contribution in [0.1, 0.15) is 17.5 Å². The maximum atomic E-state index is 13.0. The molecular formula is C18H16FN5O. The third-order valence-corrected chi connectivity index (χ3v) is 4.19. The van der Waals surface area contributed by atoms with Crippen molar-refractivity contribution in [2.75, 3.05) is 12.3 Å². The highest BCUT2D eigenvalue weighted by Gasteiger charge is 2.21. The highest BCUT2D eigenvalue weighted by Crippen LogP contribution is 2.18. The molecule has 3 N–H and O–H groups in total. The largest absolute Gasteiger partial charge is 0.369 e. The molecular weight excluding hydrogens is 321 g/mol. The number of aromatic amines is 1. The van der Waals surface area contributed by atoms with E-state index >= 15 is 0 Å². The summed E-state index contributed by atoms with van der Waals surface area (Å²) in [6.45, 7) is 0.533. The Kier molecular flexibility index (Phi) is 3.68. The first-order valence-electron chi connectivity index (χ1n) is 7.96. The highest BCUT2D eigenvalue weighted by molar-refractivity contribution is 6.02. The fourth-order valence-electron chi connectivity index (χ4n) is 2.93. The summed E-state index contributed by atoms with van der Waals surface area (Å²) in [6.07, 6.45) is 0.905. The number of aromatic nitrogens is 2. The van der Waals surface area contributed by atoms with Crippen molar-refractivity contribution in [3.63, 3.8) is 0 Å². The molecule has 0 aliphatic carbocycles. The predicted molar refractivity (Wildman–Crippen MR) is 93.5 cm³/mol. The first-order valence-corrected chi connectivity index (χ1v) is 7.96. The molecule has 1 aliphatic rings. The van der Waals surface area contributed by atoms with Gasteiger partial charge < -0.3 is 10.7 Å². The van der Waals surface area contributed by atoms with Crippen molar-refractivity contribution in [3.8, 4) is 0 Å². The number of nitrogen functional groups attached to an aromatic ring is 1. The van der Waals surface area contributed by atoms with Crippen LogP contribution in [0.4, 0.5) is 10.3 Å². The number of carbonyl (C=O) groups excluding carboxylic acids is 1. The van der Waals surface area contributed by atoms with Gasteiger partial charge in [-0.25, -0.2) is 14.4 Å². The van der Waals surface area contributed by atoms with Crippen molar-refractivity contribution in [2.45, 2.75) is 12.8 Å². The predicted octanol–water partition coefficient (Wildman–Crippen LogP) is 2.46. The standard InChI is InChI=1S/C18H16FN5O/c19-13-4-2-12(3-5-13)14-7-8-24(23-14)17(25)10-11-1-6-15-16(9-11)22-18(20)21-15/h1-6,9H,7-8,10H2,(H3,20,21,22). The van der Waals surface area contributed by atoms with Crippen LogP contribution in [-0.2, 0) is 11.2 Å². The Labute approximate surface area is 143 Å². The second-order valence-electron chi connectivity index (χ2n) is 5.97. The van der Waals surface area contributed by atoms with Gasteiger partial charge >= 0.3 is 0 Å². The maximum Gasteiger partial charge on any atom is 0.247 e. The van der Waals surface area contributed by atoms with Crippen molar-refractivity contribution < 1.29 is 9.18 Å². The van der Waals surface area contributed by atoms with Crippen LogP contribution in [-0.4, -0.2) is 33.1 Å². The quantitative estimate of drug-likeness (QED) is 0.769. The molecule has 25 heavy (non-hydrogen) atoms. The van der Waals surface area contributed by atoms with Gasteiger partial charge in [0, 0.05) is 6.42 Å². The van der Waals surface area contributed by atoms with E-state index in [9.17, 15) is 9.18 Å². The summed E-state index contributed by atoms with van der Waals surface area (Å²) in [7, 11) is 0. The number of amides is 1. The van der Waals surface area contributed by atoms with Gasteiger partial charge in [-0.2, -0.15) is 5.10 Å². The Morgan fingerprint density at radius 3 is 2.84 bits per heavy atom. The molecule has 0 unspecified atom stereocenters. The Morgan fingerprint density at radius 1 is 1.24 bits per heavy atom. The lowest BCUT2D eigenvalue weighted by atomic mass is 10.1. The maximum absolute atomic E-state index is 13.0. The number of hydrazone groups is 1. The molecule has 4 rings (SSSR count). The average molecular weight is 337 g/mol. The van der Waals surface area contributed by atoms with E-state index in [1.165, 1.54) is 17.1 Å². The third kappa shape index (κ3) is 3.08. The molecule has 126 valence electrons. The zero-order chi connectivity index (χ0) is 17.4. The second kappa shape index (κ2) is 6.01. The number of hydrogen-bond donors (Lipinski definition) is 2. The van der Waals surface area contributed by atoms with Crippen LogP contribution in [0.2, 0.25) is 0 Å². The number of imidazole rings is 1. The molecule has 0 bridgehead atoms. The van der Waals surface area contributed by atoms with E-state index in [2.05, 4.69) is 15.1 Å². The van der Waals surface area contributed by atoms with Crippen LogP contribution < -0.4 is 5.73 Å². The van der Waals surface area contributed by atoms with Gasteiger partial charge in [-0.1, -0.05) is 18.2 Å². The van der Waals surface area contributed by atoms with Gasteiger partial charge in [0.1, 0.15) is 5.82 Å². The number of anilines is 1. The lowest BCUT2D eigenvalue weighted by Gasteiger charge is -2.11. The van der Waals surface area contributed by atoms with E-state index in [1.54, 1.807) is 12.1 Å². The number of halogens is 1. The van der Waals surface area contributed by atoms with Gasteiger partial charge in [-0.15, -0.1) is 0 Å². The van der Waals surface area contributed by atoms with E-state index < -0.39 is 0 Å². The molecule has 2 aromatic carbocycles. The van der Waals surface area contributed by atoms with Crippen molar-refractivity contribution in [2.24, 2.45) is 5.10 Å². The fraction of sp³-hybridized carbons (Fsp3) is 0.167. The number of fused-ring (bicyclic) bond motifs is 1. The van der Waals surface area contributed by atoms with E-state index in [0.29, 0.717) is 18.9 Å². The molecule has 7 heteroatoms. The van der Waals surface area contributed by atoms with Crippen LogP contribution >= 0.6 is 0 Å². The third-order valence-electron chi connectivity index (χ3n) is 4.19. The number of nitrogens with one attached hydrogen (secondary N) is 1. The number of rotatable bonds is 3. The molecule has 6 nitrogen and oxygen atoms in total. The zero-order valence-electron chi connectivity index (χ0n) is 13.4. The molecule has 0 saturated carbocycles. The van der Waals surface area contributed by atoms with E-state index in [1.807, 2.05) is 18.2 Å². The van der Waals surface area contributed by atoms with Crippen LogP contribution in [0.3, 0.4) is 0 Å². The van der Waals surface area contributed by atoms with Crippen LogP contribution in [0.15, 0.2) is 47.6 Å². The van der Waals surface area contributed by atoms with Gasteiger partial charge in [0.15, 0.2) is 5.95 Å². The minimum atomic E-state index is -0.287. The topological polar surface area (TPSA) is 87.4 Å². The van der Waals surface area contributed by atoms with E-state index in [-0.39, 0.29) is 18.1 Å². The summed E-state index contributed by atoms with van der Waals surface area (Å²) in [5.74, 6) is -0.0133. The lowest BCUT2D eigenvalue weighted by molar-refractivity contribution is -0.130. The number of nitrogens with two attached hydrogens (primary N) is 1. The highest BCUT2D eigenvalue weighted by atomic mass is 19.1. The van der Waals surface area contributed by atoms with Crippen molar-refractivity contribution in [3.05, 3.63) is 59.4 Å². The number of carbonyl (C=O) groups is 1. The first-order chi connectivity index (χ1) is 12.1. The normalized spacial score (nSPS) is 14.1.